The van der Waals surface area contributed by atoms with E-state index in [1.54, 1.807) is 0 Å². The van der Waals surface area contributed by atoms with E-state index in [-0.39, 0.29) is 0 Å². The first-order valence-corrected chi connectivity index (χ1v) is 9.66. The molecule has 4 heteroatoms. The van der Waals surface area contributed by atoms with E-state index in [4.69, 9.17) is 0 Å². The van der Waals surface area contributed by atoms with E-state index in [9.17, 15) is 0 Å². The fourth-order valence-corrected chi connectivity index (χ4v) is 4.82. The van der Waals surface area contributed by atoms with Gasteiger partial charge in [-0.2, -0.15) is 11.8 Å². The van der Waals surface area contributed by atoms with Crippen molar-refractivity contribution in [2.45, 2.75) is 44.7 Å². The van der Waals surface area contributed by atoms with Gasteiger partial charge in [0.15, 0.2) is 0 Å². The molecule has 1 aliphatic carbocycles. The monoisotopic (exact) mass is 297 g/mol. The average Bonchev–Trinajstić information content (AvgIpc) is 3.31. The molecule has 3 nitrogen and oxygen atoms in total. The van der Waals surface area contributed by atoms with Crippen molar-refractivity contribution in [1.82, 2.24) is 15.1 Å². The molecule has 3 aliphatic rings. The summed E-state index contributed by atoms with van der Waals surface area (Å²) in [4.78, 5) is 5.45. The minimum atomic E-state index is 0.392. The van der Waals surface area contributed by atoms with Gasteiger partial charge in [-0.3, -0.25) is 4.90 Å². The predicted molar refractivity (Wildman–Crippen MR) is 88.5 cm³/mol. The lowest BCUT2D eigenvalue weighted by Crippen LogP contribution is -2.64. The van der Waals surface area contributed by atoms with Crippen LogP contribution in [0.3, 0.4) is 0 Å². The van der Waals surface area contributed by atoms with E-state index < -0.39 is 0 Å². The van der Waals surface area contributed by atoms with E-state index in [2.05, 4.69) is 40.7 Å². The number of hydrogen-bond donors (Lipinski definition) is 1. The SMILES string of the molecule is CCC1CNC(C)(C2CC2)CN1CCN1CCSCC1. The van der Waals surface area contributed by atoms with Gasteiger partial charge < -0.3 is 10.2 Å². The topological polar surface area (TPSA) is 18.5 Å². The molecule has 2 aliphatic heterocycles. The van der Waals surface area contributed by atoms with Gasteiger partial charge in [0.25, 0.3) is 0 Å². The van der Waals surface area contributed by atoms with Crippen LogP contribution in [0.1, 0.15) is 33.1 Å². The molecule has 20 heavy (non-hydrogen) atoms. The molecule has 0 aromatic carbocycles. The quantitative estimate of drug-likeness (QED) is 0.835. The van der Waals surface area contributed by atoms with Gasteiger partial charge in [0, 0.05) is 62.4 Å². The summed E-state index contributed by atoms with van der Waals surface area (Å²) >= 11 is 2.11. The number of thioether (sulfide) groups is 1. The second-order valence-corrected chi connectivity index (χ2v) is 8.28. The molecule has 2 saturated heterocycles. The third kappa shape index (κ3) is 3.52. The van der Waals surface area contributed by atoms with Crippen molar-refractivity contribution < 1.29 is 0 Å². The summed E-state index contributed by atoms with van der Waals surface area (Å²) in [5.74, 6) is 3.60. The summed E-state index contributed by atoms with van der Waals surface area (Å²) in [6, 6.07) is 0.751. The molecule has 0 amide bonds. The summed E-state index contributed by atoms with van der Waals surface area (Å²) in [6.45, 7) is 12.4. The van der Waals surface area contributed by atoms with Gasteiger partial charge in [-0.1, -0.05) is 6.92 Å². The summed E-state index contributed by atoms with van der Waals surface area (Å²) in [7, 11) is 0. The maximum Gasteiger partial charge on any atom is 0.0309 e. The Morgan fingerprint density at radius 3 is 2.60 bits per heavy atom. The second-order valence-electron chi connectivity index (χ2n) is 7.06. The fraction of sp³-hybridized carbons (Fsp3) is 1.00. The number of rotatable bonds is 5. The van der Waals surface area contributed by atoms with E-state index in [1.807, 2.05) is 0 Å². The van der Waals surface area contributed by atoms with Gasteiger partial charge >= 0.3 is 0 Å². The first-order valence-electron chi connectivity index (χ1n) is 8.50. The number of nitrogens with one attached hydrogen (secondary N) is 1. The molecule has 3 rings (SSSR count). The van der Waals surface area contributed by atoms with Crippen molar-refractivity contribution >= 4 is 11.8 Å². The highest BCUT2D eigenvalue weighted by atomic mass is 32.2. The Balaban J connectivity index is 1.53. The van der Waals surface area contributed by atoms with Crippen LogP contribution in [0, 0.1) is 5.92 Å². The first-order chi connectivity index (χ1) is 9.71. The van der Waals surface area contributed by atoms with Crippen molar-refractivity contribution in [3.63, 3.8) is 0 Å². The van der Waals surface area contributed by atoms with Crippen LogP contribution >= 0.6 is 11.8 Å². The van der Waals surface area contributed by atoms with Crippen LogP contribution in [0.25, 0.3) is 0 Å². The van der Waals surface area contributed by atoms with E-state index in [1.165, 1.54) is 70.0 Å². The minimum Gasteiger partial charge on any atom is -0.308 e. The molecule has 0 radical (unpaired) electrons. The average molecular weight is 298 g/mol. The van der Waals surface area contributed by atoms with E-state index in [0.29, 0.717) is 5.54 Å². The van der Waals surface area contributed by atoms with E-state index in [0.717, 1.165) is 12.0 Å². The van der Waals surface area contributed by atoms with Crippen LogP contribution in [0.15, 0.2) is 0 Å². The molecule has 0 spiro atoms. The van der Waals surface area contributed by atoms with Crippen molar-refractivity contribution in [2.24, 2.45) is 5.92 Å². The molecule has 3 fully saturated rings. The molecule has 2 heterocycles. The normalized spacial score (nSPS) is 37.2. The Morgan fingerprint density at radius 2 is 1.95 bits per heavy atom. The second kappa shape index (κ2) is 6.55. The zero-order chi connectivity index (χ0) is 14.0. The van der Waals surface area contributed by atoms with Crippen molar-refractivity contribution in [1.29, 1.82) is 0 Å². The molecule has 0 bridgehead atoms. The van der Waals surface area contributed by atoms with Gasteiger partial charge in [-0.25, -0.2) is 0 Å². The van der Waals surface area contributed by atoms with Crippen molar-refractivity contribution in [3.8, 4) is 0 Å². The zero-order valence-electron chi connectivity index (χ0n) is 13.2. The fourth-order valence-electron chi connectivity index (χ4n) is 3.84. The van der Waals surface area contributed by atoms with Crippen LogP contribution in [0.5, 0.6) is 0 Å². The predicted octanol–water partition coefficient (Wildman–Crippen LogP) is 1.89. The molecule has 116 valence electrons. The molecule has 2 atom stereocenters. The van der Waals surface area contributed by atoms with Gasteiger partial charge in [0.05, 0.1) is 0 Å². The number of piperazine rings is 1. The molecular formula is C16H31N3S. The summed E-state index contributed by atoms with van der Waals surface area (Å²) in [6.07, 6.45) is 4.17. The number of nitrogens with zero attached hydrogens (tertiary/aromatic N) is 2. The van der Waals surface area contributed by atoms with E-state index >= 15 is 0 Å². The first kappa shape index (κ1) is 15.1. The molecule has 0 aromatic rings. The summed E-state index contributed by atoms with van der Waals surface area (Å²) in [5, 5.41) is 3.87. The lowest BCUT2D eigenvalue weighted by molar-refractivity contribution is 0.0641. The summed E-state index contributed by atoms with van der Waals surface area (Å²) in [5.41, 5.74) is 0.392. The van der Waals surface area contributed by atoms with Gasteiger partial charge in [-0.15, -0.1) is 0 Å². The molecule has 1 saturated carbocycles. The Kier molecular flexibility index (Phi) is 4.96. The standard InChI is InChI=1S/C16H31N3S/c1-3-15-12-17-16(2,14-4-5-14)13-19(15)7-6-18-8-10-20-11-9-18/h14-15,17H,3-13H2,1-2H3. The largest absolute Gasteiger partial charge is 0.308 e. The smallest absolute Gasteiger partial charge is 0.0309 e. The lowest BCUT2D eigenvalue weighted by Gasteiger charge is -2.47. The van der Waals surface area contributed by atoms with Gasteiger partial charge in [0.1, 0.15) is 0 Å². The highest BCUT2D eigenvalue weighted by Gasteiger charge is 2.45. The highest BCUT2D eigenvalue weighted by Crippen LogP contribution is 2.41. The van der Waals surface area contributed by atoms with Crippen LogP contribution in [-0.4, -0.2) is 72.2 Å². The van der Waals surface area contributed by atoms with Crippen LogP contribution in [-0.2, 0) is 0 Å². The number of hydrogen-bond acceptors (Lipinski definition) is 4. The third-order valence-corrected chi connectivity index (χ3v) is 6.49. The maximum atomic E-state index is 3.87. The summed E-state index contributed by atoms with van der Waals surface area (Å²) < 4.78 is 0. The highest BCUT2D eigenvalue weighted by molar-refractivity contribution is 7.99. The van der Waals surface area contributed by atoms with Crippen LogP contribution in [0.4, 0.5) is 0 Å². The molecule has 1 N–H and O–H groups in total. The minimum absolute atomic E-state index is 0.392. The Morgan fingerprint density at radius 1 is 1.20 bits per heavy atom. The Bertz CT molecular complexity index is 315. The van der Waals surface area contributed by atoms with Crippen molar-refractivity contribution in [2.75, 3.05) is 50.8 Å². The van der Waals surface area contributed by atoms with Crippen LogP contribution in [0.2, 0.25) is 0 Å². The molecular weight excluding hydrogens is 266 g/mol. The van der Waals surface area contributed by atoms with Crippen molar-refractivity contribution in [3.05, 3.63) is 0 Å². The third-order valence-electron chi connectivity index (χ3n) is 5.55. The Labute approximate surface area is 128 Å². The lowest BCUT2D eigenvalue weighted by atomic mass is 9.90. The maximum absolute atomic E-state index is 3.87. The Hall–Kier alpha value is 0.230. The van der Waals surface area contributed by atoms with Gasteiger partial charge in [-0.05, 0) is 32.1 Å². The molecule has 0 aromatic heterocycles. The van der Waals surface area contributed by atoms with Crippen LogP contribution < -0.4 is 5.32 Å². The zero-order valence-corrected chi connectivity index (χ0v) is 14.1. The van der Waals surface area contributed by atoms with Gasteiger partial charge in [0.2, 0.25) is 0 Å². The molecule has 2 unspecified atom stereocenters.